The van der Waals surface area contributed by atoms with Crippen molar-refractivity contribution < 1.29 is 4.74 Å². The van der Waals surface area contributed by atoms with Gasteiger partial charge in [0.25, 0.3) is 0 Å². The van der Waals surface area contributed by atoms with E-state index in [-0.39, 0.29) is 0 Å². The monoisotopic (exact) mass is 241 g/mol. The molecule has 1 aromatic carbocycles. The summed E-state index contributed by atoms with van der Waals surface area (Å²) in [6, 6.07) is 7.94. The maximum absolute atomic E-state index is 8.78. The predicted molar refractivity (Wildman–Crippen MR) is 69.4 cm³/mol. The zero-order chi connectivity index (χ0) is 13.1. The van der Waals surface area contributed by atoms with Crippen molar-refractivity contribution in [1.82, 2.24) is 9.97 Å². The highest BCUT2D eigenvalue weighted by atomic mass is 16.5. The van der Waals surface area contributed by atoms with Crippen LogP contribution in [-0.2, 0) is 0 Å². The molecule has 1 N–H and O–H groups in total. The Morgan fingerprint density at radius 3 is 2.72 bits per heavy atom. The Bertz CT molecular complexity index is 593. The van der Waals surface area contributed by atoms with Crippen molar-refractivity contribution >= 4 is 0 Å². The number of hydrogen-bond acceptors (Lipinski definition) is 3. The molecule has 1 heterocycles. The third kappa shape index (κ3) is 2.21. The summed E-state index contributed by atoms with van der Waals surface area (Å²) in [5.41, 5.74) is 2.55. The van der Waals surface area contributed by atoms with Crippen molar-refractivity contribution in [2.45, 2.75) is 19.8 Å². The van der Waals surface area contributed by atoms with Crippen LogP contribution in [0.5, 0.6) is 5.75 Å². The summed E-state index contributed by atoms with van der Waals surface area (Å²) in [4.78, 5) is 7.16. The van der Waals surface area contributed by atoms with E-state index in [0.717, 1.165) is 16.9 Å². The van der Waals surface area contributed by atoms with Gasteiger partial charge in [-0.15, -0.1) is 0 Å². The summed E-state index contributed by atoms with van der Waals surface area (Å²) in [6.07, 6.45) is 1.54. The number of ether oxygens (including phenoxy) is 1. The van der Waals surface area contributed by atoms with Gasteiger partial charge in [-0.05, 0) is 29.7 Å². The molecule has 4 heteroatoms. The zero-order valence-corrected chi connectivity index (χ0v) is 10.7. The molecular formula is C14H15N3O. The van der Waals surface area contributed by atoms with Crippen molar-refractivity contribution in [2.24, 2.45) is 0 Å². The van der Waals surface area contributed by atoms with Crippen LogP contribution < -0.4 is 4.74 Å². The minimum atomic E-state index is 0.366. The van der Waals surface area contributed by atoms with Gasteiger partial charge in [0.1, 0.15) is 23.3 Å². The second-order valence-corrected chi connectivity index (χ2v) is 4.37. The molecule has 0 aliphatic rings. The molecule has 0 spiro atoms. The molecule has 0 unspecified atom stereocenters. The molecule has 0 fully saturated rings. The highest BCUT2D eigenvalue weighted by Crippen LogP contribution is 2.30. The Morgan fingerprint density at radius 1 is 1.39 bits per heavy atom. The molecular weight excluding hydrogens is 226 g/mol. The Labute approximate surface area is 106 Å². The summed E-state index contributed by atoms with van der Waals surface area (Å²) in [6.45, 7) is 4.23. The number of nitrogens with zero attached hydrogens (tertiary/aromatic N) is 2. The Hall–Kier alpha value is -2.28. The van der Waals surface area contributed by atoms with Gasteiger partial charge in [0.15, 0.2) is 0 Å². The summed E-state index contributed by atoms with van der Waals surface area (Å²) in [7, 11) is 1.67. The average Bonchev–Trinajstić information content (AvgIpc) is 2.86. The Morgan fingerprint density at radius 2 is 2.17 bits per heavy atom. The Balaban J connectivity index is 2.46. The molecule has 4 nitrogen and oxygen atoms in total. The fourth-order valence-corrected chi connectivity index (χ4v) is 1.86. The Kier molecular flexibility index (Phi) is 3.33. The molecule has 92 valence electrons. The van der Waals surface area contributed by atoms with Crippen molar-refractivity contribution in [3.8, 4) is 23.2 Å². The van der Waals surface area contributed by atoms with Crippen molar-refractivity contribution in [1.29, 1.82) is 5.26 Å². The van der Waals surface area contributed by atoms with E-state index in [1.54, 1.807) is 7.11 Å². The topological polar surface area (TPSA) is 61.7 Å². The molecule has 0 saturated carbocycles. The lowest BCUT2D eigenvalue weighted by Gasteiger charge is -2.12. The van der Waals surface area contributed by atoms with Gasteiger partial charge in [-0.2, -0.15) is 5.26 Å². The largest absolute Gasteiger partial charge is 0.496 e. The smallest absolute Gasteiger partial charge is 0.138 e. The number of hydrogen-bond donors (Lipinski definition) is 1. The van der Waals surface area contributed by atoms with Gasteiger partial charge in [-0.25, -0.2) is 4.98 Å². The third-order valence-corrected chi connectivity index (χ3v) is 2.82. The van der Waals surface area contributed by atoms with Gasteiger partial charge in [0.2, 0.25) is 0 Å². The fourth-order valence-electron chi connectivity index (χ4n) is 1.86. The van der Waals surface area contributed by atoms with Gasteiger partial charge in [0.05, 0.1) is 13.3 Å². The first-order valence-corrected chi connectivity index (χ1v) is 5.79. The maximum atomic E-state index is 8.78. The summed E-state index contributed by atoms with van der Waals surface area (Å²) < 4.78 is 5.34. The van der Waals surface area contributed by atoms with Gasteiger partial charge < -0.3 is 9.72 Å². The fraction of sp³-hybridized carbons (Fsp3) is 0.286. The minimum Gasteiger partial charge on any atom is -0.496 e. The third-order valence-electron chi connectivity index (χ3n) is 2.82. The number of aromatic amines is 1. The molecule has 0 saturated heterocycles. The number of rotatable bonds is 3. The highest BCUT2D eigenvalue weighted by molar-refractivity contribution is 5.60. The van der Waals surface area contributed by atoms with Crippen molar-refractivity contribution in [3.05, 3.63) is 35.7 Å². The number of aromatic nitrogens is 2. The summed E-state index contributed by atoms with van der Waals surface area (Å²) in [5, 5.41) is 8.78. The average molecular weight is 241 g/mol. The van der Waals surface area contributed by atoms with Crippen LogP contribution in [-0.4, -0.2) is 17.1 Å². The second-order valence-electron chi connectivity index (χ2n) is 4.37. The van der Waals surface area contributed by atoms with Crippen molar-refractivity contribution in [3.63, 3.8) is 0 Å². The number of nitrogens with one attached hydrogen (secondary N) is 1. The SMILES string of the molecule is COc1ccc(-c2ncc(C#N)[nH]2)cc1C(C)C. The molecule has 0 amide bonds. The first-order chi connectivity index (χ1) is 8.65. The zero-order valence-electron chi connectivity index (χ0n) is 10.7. The highest BCUT2D eigenvalue weighted by Gasteiger charge is 2.11. The molecule has 0 aliphatic carbocycles. The van der Waals surface area contributed by atoms with Crippen LogP contribution in [0.3, 0.4) is 0 Å². The molecule has 0 aliphatic heterocycles. The molecule has 18 heavy (non-hydrogen) atoms. The van der Waals surface area contributed by atoms with Gasteiger partial charge in [-0.3, -0.25) is 0 Å². The van der Waals surface area contributed by atoms with E-state index in [1.807, 2.05) is 24.3 Å². The number of nitriles is 1. The first kappa shape index (κ1) is 12.2. The van der Waals surface area contributed by atoms with Crippen LogP contribution >= 0.6 is 0 Å². The first-order valence-electron chi connectivity index (χ1n) is 5.79. The van der Waals surface area contributed by atoms with E-state index < -0.39 is 0 Å². The van der Waals surface area contributed by atoms with E-state index in [1.165, 1.54) is 6.20 Å². The van der Waals surface area contributed by atoms with E-state index in [0.29, 0.717) is 17.4 Å². The van der Waals surface area contributed by atoms with E-state index in [2.05, 4.69) is 23.8 Å². The van der Waals surface area contributed by atoms with Crippen LogP contribution in [0.1, 0.15) is 31.0 Å². The van der Waals surface area contributed by atoms with E-state index in [9.17, 15) is 0 Å². The van der Waals surface area contributed by atoms with Crippen molar-refractivity contribution in [2.75, 3.05) is 7.11 Å². The predicted octanol–water partition coefficient (Wildman–Crippen LogP) is 3.08. The van der Waals surface area contributed by atoms with Crippen LogP contribution in [0.4, 0.5) is 0 Å². The lowest BCUT2D eigenvalue weighted by molar-refractivity contribution is 0.407. The molecule has 2 rings (SSSR count). The maximum Gasteiger partial charge on any atom is 0.138 e. The summed E-state index contributed by atoms with van der Waals surface area (Å²) >= 11 is 0. The second kappa shape index (κ2) is 4.92. The standard InChI is InChI=1S/C14H15N3O/c1-9(2)12-6-10(4-5-13(12)18-3)14-16-8-11(7-15)17-14/h4-6,8-9H,1-3H3,(H,16,17). The number of imidazole rings is 1. The van der Waals surface area contributed by atoms with Gasteiger partial charge in [-0.1, -0.05) is 13.8 Å². The van der Waals surface area contributed by atoms with Gasteiger partial charge in [0, 0.05) is 5.56 Å². The molecule has 1 aromatic heterocycles. The quantitative estimate of drug-likeness (QED) is 0.898. The number of H-pyrrole nitrogens is 1. The van der Waals surface area contributed by atoms with Crippen LogP contribution in [0, 0.1) is 11.3 Å². The van der Waals surface area contributed by atoms with Crippen LogP contribution in [0.15, 0.2) is 24.4 Å². The van der Waals surface area contributed by atoms with Gasteiger partial charge >= 0.3 is 0 Å². The molecule has 2 aromatic rings. The van der Waals surface area contributed by atoms with Crippen LogP contribution in [0.2, 0.25) is 0 Å². The minimum absolute atomic E-state index is 0.366. The number of methoxy groups -OCH3 is 1. The number of benzene rings is 1. The normalized spacial score (nSPS) is 10.4. The molecule has 0 atom stereocenters. The summed E-state index contributed by atoms with van der Waals surface area (Å²) in [5.74, 6) is 1.95. The lowest BCUT2D eigenvalue weighted by atomic mass is 9.99. The lowest BCUT2D eigenvalue weighted by Crippen LogP contribution is -1.95. The van der Waals surface area contributed by atoms with Crippen LogP contribution in [0.25, 0.3) is 11.4 Å². The molecule has 0 bridgehead atoms. The van der Waals surface area contributed by atoms with E-state index >= 15 is 0 Å². The molecule has 0 radical (unpaired) electrons. The van der Waals surface area contributed by atoms with E-state index in [4.69, 9.17) is 10.00 Å².